The number of aromatic nitrogens is 4. The molecular weight excluding hydrogens is 753 g/mol. The number of allylic oxidation sites excluding steroid dienone is 1. The predicted octanol–water partition coefficient (Wildman–Crippen LogP) is 14.8. The summed E-state index contributed by atoms with van der Waals surface area (Å²) in [5.41, 5.74) is 18.4. The molecule has 3 heterocycles. The minimum atomic E-state index is 0.714. The van der Waals surface area contributed by atoms with Crippen LogP contribution in [0.1, 0.15) is 17.7 Å². The average molecular weight is 793 g/mol. The highest BCUT2D eigenvalue weighted by atomic mass is 15.0. The van der Waals surface area contributed by atoms with Gasteiger partial charge in [0.15, 0.2) is 5.82 Å². The molecule has 1 aliphatic rings. The van der Waals surface area contributed by atoms with Gasteiger partial charge < -0.3 is 9.13 Å². The lowest BCUT2D eigenvalue weighted by atomic mass is 9.94. The zero-order chi connectivity index (χ0) is 41.0. The van der Waals surface area contributed by atoms with E-state index in [1.807, 2.05) is 24.3 Å². The summed E-state index contributed by atoms with van der Waals surface area (Å²) in [5.74, 6) is 0.714. The van der Waals surface area contributed by atoms with Gasteiger partial charge in [0, 0.05) is 49.9 Å². The van der Waals surface area contributed by atoms with Crippen molar-refractivity contribution in [1.82, 2.24) is 19.1 Å². The summed E-state index contributed by atoms with van der Waals surface area (Å²) in [7, 11) is 0. The third-order valence-corrected chi connectivity index (χ3v) is 12.4. The van der Waals surface area contributed by atoms with Crippen LogP contribution >= 0.6 is 0 Å². The van der Waals surface area contributed by atoms with Crippen LogP contribution in [0.5, 0.6) is 0 Å². The van der Waals surface area contributed by atoms with E-state index in [1.54, 1.807) is 0 Å². The molecule has 12 rings (SSSR count). The van der Waals surface area contributed by atoms with Crippen LogP contribution in [0.3, 0.4) is 0 Å². The van der Waals surface area contributed by atoms with E-state index in [0.29, 0.717) is 5.82 Å². The van der Waals surface area contributed by atoms with E-state index in [2.05, 4.69) is 203 Å². The van der Waals surface area contributed by atoms with Crippen LogP contribution in [0.25, 0.3) is 106 Å². The highest BCUT2D eigenvalue weighted by molar-refractivity contribution is 6.16. The van der Waals surface area contributed by atoms with E-state index in [4.69, 9.17) is 9.97 Å². The fraction of sp³-hybridized carbons (Fsp3) is 0.0345. The smallest absolute Gasteiger partial charge is 0.160 e. The summed E-state index contributed by atoms with van der Waals surface area (Å²) in [5, 5.41) is 3.81. The Morgan fingerprint density at radius 3 is 1.68 bits per heavy atom. The van der Waals surface area contributed by atoms with Crippen LogP contribution in [0.15, 0.2) is 212 Å². The first-order chi connectivity index (χ1) is 30.8. The number of aryl methyl sites for hydroxylation is 1. The maximum absolute atomic E-state index is 5.09. The molecule has 0 radical (unpaired) electrons. The van der Waals surface area contributed by atoms with Gasteiger partial charge >= 0.3 is 0 Å². The second-order valence-electron chi connectivity index (χ2n) is 16.0. The molecule has 3 aromatic heterocycles. The van der Waals surface area contributed by atoms with Gasteiger partial charge in [-0.25, -0.2) is 9.97 Å². The molecule has 0 bridgehead atoms. The van der Waals surface area contributed by atoms with Crippen molar-refractivity contribution in [2.45, 2.75) is 12.8 Å². The molecule has 0 fully saturated rings. The highest BCUT2D eigenvalue weighted by Gasteiger charge is 2.22. The van der Waals surface area contributed by atoms with Crippen molar-refractivity contribution in [3.63, 3.8) is 0 Å². The monoisotopic (exact) mass is 792 g/mol. The van der Waals surface area contributed by atoms with Crippen molar-refractivity contribution < 1.29 is 0 Å². The molecule has 4 heteroatoms. The molecule has 4 nitrogen and oxygen atoms in total. The normalized spacial score (nSPS) is 12.3. The van der Waals surface area contributed by atoms with Crippen molar-refractivity contribution in [2.24, 2.45) is 0 Å². The van der Waals surface area contributed by atoms with Gasteiger partial charge in [-0.2, -0.15) is 0 Å². The topological polar surface area (TPSA) is 35.6 Å². The predicted molar refractivity (Wildman–Crippen MR) is 258 cm³/mol. The maximum atomic E-state index is 5.09. The molecule has 0 atom stereocenters. The fourth-order valence-electron chi connectivity index (χ4n) is 9.62. The average Bonchev–Trinajstić information content (AvgIpc) is 3.88. The van der Waals surface area contributed by atoms with Crippen LogP contribution in [-0.4, -0.2) is 19.1 Å². The molecule has 292 valence electrons. The summed E-state index contributed by atoms with van der Waals surface area (Å²) in [6, 6.07) is 73.8. The third-order valence-electron chi connectivity index (χ3n) is 12.4. The van der Waals surface area contributed by atoms with Gasteiger partial charge in [0.1, 0.15) is 0 Å². The largest absolute Gasteiger partial charge is 0.310 e. The quantitative estimate of drug-likeness (QED) is 0.161. The van der Waals surface area contributed by atoms with Crippen molar-refractivity contribution in [3.05, 3.63) is 224 Å². The van der Waals surface area contributed by atoms with E-state index in [0.717, 1.165) is 52.2 Å². The van der Waals surface area contributed by atoms with E-state index >= 15 is 0 Å². The maximum Gasteiger partial charge on any atom is 0.160 e. The molecule has 0 saturated carbocycles. The number of fused-ring (bicyclic) bond motifs is 6. The Bertz CT molecular complexity index is 3430. The highest BCUT2D eigenvalue weighted by Crippen LogP contribution is 2.42. The van der Waals surface area contributed by atoms with Gasteiger partial charge in [0.2, 0.25) is 0 Å². The number of benzene rings is 8. The van der Waals surface area contributed by atoms with Crippen molar-refractivity contribution in [1.29, 1.82) is 0 Å². The van der Waals surface area contributed by atoms with Crippen LogP contribution in [0, 0.1) is 0 Å². The SMILES string of the molecule is C1=Cc2c(c3c(-c4cccc(-n5c6ccccc6c6c(-c7ccc(-c8cc(-c9ccccc9)nc(-c9ccccc9)n8)cc7)cccc65)c4)cccc3n2-c2ccccc2)CC1. The molecule has 8 aromatic carbocycles. The van der Waals surface area contributed by atoms with E-state index in [1.165, 1.54) is 66.3 Å². The van der Waals surface area contributed by atoms with Crippen molar-refractivity contribution in [2.75, 3.05) is 0 Å². The first-order valence-electron chi connectivity index (χ1n) is 21.4. The zero-order valence-electron chi connectivity index (χ0n) is 34.0. The Kier molecular flexibility index (Phi) is 8.60. The van der Waals surface area contributed by atoms with E-state index in [-0.39, 0.29) is 0 Å². The number of hydrogen-bond acceptors (Lipinski definition) is 2. The summed E-state index contributed by atoms with van der Waals surface area (Å²) < 4.78 is 4.88. The standard InChI is InChI=1S/C58H40N4/c1-4-17-40(18-5-1)50-38-51(60-58(59-50)42-19-6-2-7-20-42)41-35-33-39(34-36-41)46-27-15-32-55-56(46)49-26-11-13-30-53(49)62(55)45-24-14-21-43(37-45)47-28-16-31-54-57(47)48-25-10-12-29-52(48)61(54)44-22-8-3-9-23-44/h1-9,11-24,26-38H,10,25H2. The molecule has 0 aliphatic heterocycles. The molecular formula is C58H40N4. The number of para-hydroxylation sites is 2. The zero-order valence-corrected chi connectivity index (χ0v) is 34.0. The first kappa shape index (κ1) is 35.8. The molecule has 0 spiro atoms. The van der Waals surface area contributed by atoms with Gasteiger partial charge in [-0.1, -0.05) is 164 Å². The number of nitrogens with zero attached hydrogens (tertiary/aromatic N) is 4. The number of rotatable bonds is 7. The van der Waals surface area contributed by atoms with Gasteiger partial charge in [0.25, 0.3) is 0 Å². The lowest BCUT2D eigenvalue weighted by Gasteiger charge is -2.13. The Morgan fingerprint density at radius 1 is 0.387 bits per heavy atom. The van der Waals surface area contributed by atoms with Gasteiger partial charge in [0.05, 0.1) is 27.9 Å². The molecule has 62 heavy (non-hydrogen) atoms. The summed E-state index contributed by atoms with van der Waals surface area (Å²) in [6.07, 6.45) is 6.70. The molecule has 0 amide bonds. The lowest BCUT2D eigenvalue weighted by molar-refractivity contribution is 0.968. The van der Waals surface area contributed by atoms with Crippen LogP contribution < -0.4 is 0 Å². The van der Waals surface area contributed by atoms with Crippen LogP contribution in [0.2, 0.25) is 0 Å². The molecule has 0 unspecified atom stereocenters. The van der Waals surface area contributed by atoms with Gasteiger partial charge in [-0.15, -0.1) is 0 Å². The van der Waals surface area contributed by atoms with Crippen LogP contribution in [0.4, 0.5) is 0 Å². The Morgan fingerprint density at radius 2 is 0.935 bits per heavy atom. The lowest BCUT2D eigenvalue weighted by Crippen LogP contribution is -1.99. The summed E-state index contributed by atoms with van der Waals surface area (Å²) in [4.78, 5) is 10.1. The minimum Gasteiger partial charge on any atom is -0.310 e. The first-order valence-corrected chi connectivity index (χ1v) is 21.4. The van der Waals surface area contributed by atoms with Gasteiger partial charge in [-0.3, -0.25) is 0 Å². The molecule has 1 aliphatic carbocycles. The Hall–Kier alpha value is -8.08. The fourth-order valence-corrected chi connectivity index (χ4v) is 9.62. The second kappa shape index (κ2) is 14.9. The Labute approximate surface area is 360 Å². The summed E-state index contributed by atoms with van der Waals surface area (Å²) in [6.45, 7) is 0. The molecule has 0 saturated heterocycles. The molecule has 0 N–H and O–H groups in total. The number of hydrogen-bond donors (Lipinski definition) is 0. The van der Waals surface area contributed by atoms with Gasteiger partial charge in [-0.05, 0) is 95.3 Å². The van der Waals surface area contributed by atoms with E-state index < -0.39 is 0 Å². The van der Waals surface area contributed by atoms with E-state index in [9.17, 15) is 0 Å². The second-order valence-corrected chi connectivity index (χ2v) is 16.0. The minimum absolute atomic E-state index is 0.714. The van der Waals surface area contributed by atoms with Crippen LogP contribution in [-0.2, 0) is 6.42 Å². The summed E-state index contributed by atoms with van der Waals surface area (Å²) >= 11 is 0. The third kappa shape index (κ3) is 5.99. The van der Waals surface area contributed by atoms with Crippen molar-refractivity contribution >= 4 is 38.8 Å². The van der Waals surface area contributed by atoms with Crippen molar-refractivity contribution in [3.8, 4) is 67.5 Å². The molecule has 11 aromatic rings. The Balaban J connectivity index is 0.972.